The summed E-state index contributed by atoms with van der Waals surface area (Å²) in [5, 5.41) is 2.97. The first kappa shape index (κ1) is 22.6. The smallest absolute Gasteiger partial charge is 0.224 e. The van der Waals surface area contributed by atoms with E-state index in [9.17, 15) is 14.4 Å². The molecule has 0 saturated heterocycles. The monoisotopic (exact) mass is 364 g/mol. The van der Waals surface area contributed by atoms with Crippen molar-refractivity contribution in [2.45, 2.75) is 84.7 Å². The zero-order valence-electron chi connectivity index (χ0n) is 16.8. The van der Waals surface area contributed by atoms with Crippen molar-refractivity contribution >= 4 is 18.0 Å². The van der Waals surface area contributed by atoms with E-state index < -0.39 is 12.0 Å². The van der Waals surface area contributed by atoms with Gasteiger partial charge in [-0.2, -0.15) is 0 Å². The number of Topliss-reactive ketones (excluding diaryl/α,β-unsaturated/α-hetero) is 1. The van der Waals surface area contributed by atoms with E-state index in [2.05, 4.69) is 18.8 Å². The number of hydrogen-bond donors (Lipinski definition) is 2. The van der Waals surface area contributed by atoms with Gasteiger partial charge in [0.25, 0.3) is 0 Å². The van der Waals surface area contributed by atoms with Crippen LogP contribution in [0.2, 0.25) is 0 Å². The van der Waals surface area contributed by atoms with E-state index in [1.165, 1.54) is 0 Å². The average Bonchev–Trinajstić information content (AvgIpc) is 3.39. The second-order valence-corrected chi connectivity index (χ2v) is 8.79. The average molecular weight is 365 g/mol. The van der Waals surface area contributed by atoms with Crippen LogP contribution in [-0.4, -0.2) is 30.1 Å². The number of nitrogens with one attached hydrogen (secondary N) is 1. The van der Waals surface area contributed by atoms with E-state index in [-0.39, 0.29) is 29.6 Å². The Kier molecular flexibility index (Phi) is 8.68. The molecule has 0 aliphatic heterocycles. The molecule has 0 aromatic heterocycles. The van der Waals surface area contributed by atoms with Crippen molar-refractivity contribution in [1.82, 2.24) is 5.32 Å². The normalized spacial score (nSPS) is 17.9. The molecule has 0 radical (unpaired) electrons. The highest BCUT2D eigenvalue weighted by molar-refractivity contribution is 5.90. The molecule has 5 heteroatoms. The summed E-state index contributed by atoms with van der Waals surface area (Å²) in [6.45, 7) is 11.6. The van der Waals surface area contributed by atoms with E-state index in [0.29, 0.717) is 17.9 Å². The first-order chi connectivity index (χ1) is 12.1. The number of carbonyl (C=O) groups excluding carboxylic acids is 3. The summed E-state index contributed by atoms with van der Waals surface area (Å²) in [7, 11) is 0. The molecule has 3 N–H and O–H groups in total. The third kappa shape index (κ3) is 7.40. The number of aldehydes is 1. The predicted molar refractivity (Wildman–Crippen MR) is 105 cm³/mol. The van der Waals surface area contributed by atoms with Crippen LogP contribution in [0.5, 0.6) is 0 Å². The van der Waals surface area contributed by atoms with Crippen molar-refractivity contribution in [2.75, 3.05) is 0 Å². The number of rotatable bonds is 12. The maximum atomic E-state index is 12.8. The number of ketones is 1. The van der Waals surface area contributed by atoms with Crippen LogP contribution in [0, 0.1) is 17.3 Å². The van der Waals surface area contributed by atoms with E-state index in [1.54, 1.807) is 0 Å². The van der Waals surface area contributed by atoms with Crippen molar-refractivity contribution in [3.63, 3.8) is 0 Å². The molecule has 1 rings (SSSR count). The number of amides is 1. The SMILES string of the molecule is C=C(C=O)C(CC1CC1)NC(=O)C(CCCC)CC(=O)C(N)C(C)(C)C. The molecule has 1 saturated carbocycles. The highest BCUT2D eigenvalue weighted by atomic mass is 16.2. The largest absolute Gasteiger partial charge is 0.349 e. The minimum absolute atomic E-state index is 0.0818. The Bertz CT molecular complexity index is 518. The first-order valence-electron chi connectivity index (χ1n) is 9.82. The molecule has 0 aromatic carbocycles. The zero-order valence-corrected chi connectivity index (χ0v) is 16.8. The van der Waals surface area contributed by atoms with Gasteiger partial charge < -0.3 is 11.1 Å². The number of unbranched alkanes of at least 4 members (excludes halogenated alkanes) is 1. The maximum Gasteiger partial charge on any atom is 0.224 e. The lowest BCUT2D eigenvalue weighted by molar-refractivity contribution is -0.131. The van der Waals surface area contributed by atoms with Gasteiger partial charge in [-0.05, 0) is 24.2 Å². The van der Waals surface area contributed by atoms with Gasteiger partial charge in [-0.3, -0.25) is 14.4 Å². The minimum atomic E-state index is -0.591. The third-order valence-corrected chi connectivity index (χ3v) is 5.19. The van der Waals surface area contributed by atoms with E-state index in [1.807, 2.05) is 20.8 Å². The Labute approximate surface area is 158 Å². The van der Waals surface area contributed by atoms with Gasteiger partial charge in [0.2, 0.25) is 5.91 Å². The maximum absolute atomic E-state index is 12.8. The fraction of sp³-hybridized carbons (Fsp3) is 0.762. The van der Waals surface area contributed by atoms with Crippen molar-refractivity contribution in [2.24, 2.45) is 23.0 Å². The standard InChI is InChI=1S/C21H36N2O3/c1-6-7-8-16(12-18(25)19(22)21(3,4)5)20(26)23-17(14(2)13-24)11-15-9-10-15/h13,15-17,19H,2,6-12,22H2,1,3-5H3,(H,23,26). The van der Waals surface area contributed by atoms with Crippen LogP contribution >= 0.6 is 0 Å². The van der Waals surface area contributed by atoms with Gasteiger partial charge in [-0.25, -0.2) is 0 Å². The molecule has 0 aromatic rings. The van der Waals surface area contributed by atoms with Crippen molar-refractivity contribution in [3.05, 3.63) is 12.2 Å². The molecule has 26 heavy (non-hydrogen) atoms. The van der Waals surface area contributed by atoms with Gasteiger partial charge >= 0.3 is 0 Å². The fourth-order valence-electron chi connectivity index (χ4n) is 2.99. The van der Waals surface area contributed by atoms with Gasteiger partial charge in [0.05, 0.1) is 12.1 Å². The van der Waals surface area contributed by atoms with Crippen LogP contribution in [0.25, 0.3) is 0 Å². The van der Waals surface area contributed by atoms with Gasteiger partial charge in [0.15, 0.2) is 5.78 Å². The molecule has 1 amide bonds. The Morgan fingerprint density at radius 3 is 2.38 bits per heavy atom. The van der Waals surface area contributed by atoms with E-state index >= 15 is 0 Å². The number of nitrogens with two attached hydrogens (primary N) is 1. The number of hydrogen-bond acceptors (Lipinski definition) is 4. The molecular formula is C21H36N2O3. The summed E-state index contributed by atoms with van der Waals surface area (Å²) in [5.74, 6) is -0.0951. The topological polar surface area (TPSA) is 89.3 Å². The fourth-order valence-corrected chi connectivity index (χ4v) is 2.99. The lowest BCUT2D eigenvalue weighted by Crippen LogP contribution is -2.45. The highest BCUT2D eigenvalue weighted by Gasteiger charge is 2.33. The summed E-state index contributed by atoms with van der Waals surface area (Å²) < 4.78 is 0. The Morgan fingerprint density at radius 2 is 1.92 bits per heavy atom. The van der Waals surface area contributed by atoms with Gasteiger partial charge in [0, 0.05) is 17.9 Å². The lowest BCUT2D eigenvalue weighted by atomic mass is 9.81. The predicted octanol–water partition coefficient (Wildman–Crippen LogP) is 3.17. The second-order valence-electron chi connectivity index (χ2n) is 8.79. The highest BCUT2D eigenvalue weighted by Crippen LogP contribution is 2.34. The first-order valence-corrected chi connectivity index (χ1v) is 9.82. The Balaban J connectivity index is 2.78. The van der Waals surface area contributed by atoms with Crippen LogP contribution in [0.1, 0.15) is 72.6 Å². The van der Waals surface area contributed by atoms with E-state index in [0.717, 1.165) is 38.4 Å². The summed E-state index contributed by atoms with van der Waals surface area (Å²) in [6, 6.07) is -0.922. The van der Waals surface area contributed by atoms with E-state index in [4.69, 9.17) is 5.73 Å². The Hall–Kier alpha value is -1.49. The van der Waals surface area contributed by atoms with Crippen LogP contribution < -0.4 is 11.1 Å². The molecule has 1 aliphatic carbocycles. The summed E-state index contributed by atoms with van der Waals surface area (Å²) in [5.41, 5.74) is 6.14. The quantitative estimate of drug-likeness (QED) is 0.411. The van der Waals surface area contributed by atoms with Crippen LogP contribution in [0.4, 0.5) is 0 Å². The van der Waals surface area contributed by atoms with Crippen molar-refractivity contribution in [1.29, 1.82) is 0 Å². The lowest BCUT2D eigenvalue weighted by Gasteiger charge is -2.28. The number of carbonyl (C=O) groups is 3. The molecule has 3 unspecified atom stereocenters. The molecule has 3 atom stereocenters. The van der Waals surface area contributed by atoms with Crippen molar-refractivity contribution in [3.8, 4) is 0 Å². The second kappa shape index (κ2) is 10.0. The molecule has 5 nitrogen and oxygen atoms in total. The summed E-state index contributed by atoms with van der Waals surface area (Å²) in [6.07, 6.45) is 6.36. The third-order valence-electron chi connectivity index (χ3n) is 5.19. The summed E-state index contributed by atoms with van der Waals surface area (Å²) >= 11 is 0. The Morgan fingerprint density at radius 1 is 1.31 bits per heavy atom. The molecule has 0 spiro atoms. The summed E-state index contributed by atoms with van der Waals surface area (Å²) in [4.78, 5) is 36.5. The molecule has 0 heterocycles. The molecule has 1 aliphatic rings. The minimum Gasteiger partial charge on any atom is -0.349 e. The van der Waals surface area contributed by atoms with Crippen LogP contribution in [-0.2, 0) is 14.4 Å². The zero-order chi connectivity index (χ0) is 19.9. The molecule has 0 bridgehead atoms. The van der Waals surface area contributed by atoms with Crippen molar-refractivity contribution < 1.29 is 14.4 Å². The van der Waals surface area contributed by atoms with Gasteiger partial charge in [-0.15, -0.1) is 0 Å². The molecule has 1 fully saturated rings. The van der Waals surface area contributed by atoms with Gasteiger partial charge in [0.1, 0.15) is 6.29 Å². The van der Waals surface area contributed by atoms with Crippen LogP contribution in [0.15, 0.2) is 12.2 Å². The molecule has 148 valence electrons. The van der Waals surface area contributed by atoms with Crippen LogP contribution in [0.3, 0.4) is 0 Å². The molecular weight excluding hydrogens is 328 g/mol. The van der Waals surface area contributed by atoms with Gasteiger partial charge in [-0.1, -0.05) is 60.0 Å².